The summed E-state index contributed by atoms with van der Waals surface area (Å²) in [5.74, 6) is 0.683. The fourth-order valence-electron chi connectivity index (χ4n) is 1.19. The second-order valence-corrected chi connectivity index (χ2v) is 3.57. The molecule has 1 heteroatoms. The van der Waals surface area contributed by atoms with Crippen LogP contribution >= 0.6 is 0 Å². The Bertz CT molecular complexity index is 158. The summed E-state index contributed by atoms with van der Waals surface area (Å²) < 4.78 is 0. The molecule has 0 N–H and O–H groups in total. The molecule has 0 aromatic heterocycles. The van der Waals surface area contributed by atoms with Gasteiger partial charge in [-0.3, -0.25) is 0 Å². The standard InChI is InChI=1S/C11H19O/c1-5-9(2)6-10(3)7-11(4)8-12/h5,7,9,11H,1,6,8H2,2-4H3/b10-7+. The molecule has 1 radical (unpaired) electrons. The molecule has 0 saturated heterocycles. The molecular weight excluding hydrogens is 148 g/mol. The predicted octanol–water partition coefficient (Wildman–Crippen LogP) is 3.21. The Morgan fingerprint density at radius 1 is 1.42 bits per heavy atom. The van der Waals surface area contributed by atoms with Crippen molar-refractivity contribution >= 4 is 0 Å². The van der Waals surface area contributed by atoms with Gasteiger partial charge in [0.15, 0.2) is 0 Å². The average Bonchev–Trinajstić information content (AvgIpc) is 2.03. The molecule has 0 amide bonds. The number of allylic oxidation sites excluding steroid dienone is 2. The van der Waals surface area contributed by atoms with Gasteiger partial charge in [-0.1, -0.05) is 31.6 Å². The Morgan fingerprint density at radius 2 is 2.00 bits per heavy atom. The summed E-state index contributed by atoms with van der Waals surface area (Å²) in [7, 11) is 0. The number of hydrogen-bond donors (Lipinski definition) is 0. The SMILES string of the molecule is C=CC(C)C/C(C)=C/C(C)C[O]. The lowest BCUT2D eigenvalue weighted by atomic mass is 9.99. The van der Waals surface area contributed by atoms with Crippen LogP contribution in [0.4, 0.5) is 0 Å². The van der Waals surface area contributed by atoms with E-state index in [0.717, 1.165) is 6.42 Å². The molecule has 0 saturated carbocycles. The minimum Gasteiger partial charge on any atom is -0.236 e. The summed E-state index contributed by atoms with van der Waals surface area (Å²) in [4.78, 5) is 0. The Kier molecular flexibility index (Phi) is 5.73. The van der Waals surface area contributed by atoms with Gasteiger partial charge < -0.3 is 0 Å². The first-order valence-corrected chi connectivity index (χ1v) is 4.48. The summed E-state index contributed by atoms with van der Waals surface area (Å²) in [6.07, 6.45) is 5.03. The lowest BCUT2D eigenvalue weighted by molar-refractivity contribution is 0.168. The van der Waals surface area contributed by atoms with Crippen molar-refractivity contribution in [1.29, 1.82) is 0 Å². The molecule has 0 aliphatic rings. The molecule has 0 aromatic carbocycles. The average molecular weight is 167 g/mol. The maximum atomic E-state index is 10.5. The van der Waals surface area contributed by atoms with Gasteiger partial charge in [-0.25, -0.2) is 5.11 Å². The van der Waals surface area contributed by atoms with Crippen LogP contribution < -0.4 is 0 Å². The fraction of sp³-hybridized carbons (Fsp3) is 0.636. The zero-order chi connectivity index (χ0) is 9.56. The third-order valence-corrected chi connectivity index (χ3v) is 1.88. The molecule has 0 heterocycles. The van der Waals surface area contributed by atoms with E-state index in [9.17, 15) is 5.11 Å². The van der Waals surface area contributed by atoms with Crippen molar-refractivity contribution in [3.63, 3.8) is 0 Å². The first-order valence-electron chi connectivity index (χ1n) is 4.48. The van der Waals surface area contributed by atoms with Crippen molar-refractivity contribution in [1.82, 2.24) is 0 Å². The summed E-state index contributed by atoms with van der Waals surface area (Å²) >= 11 is 0. The van der Waals surface area contributed by atoms with Crippen molar-refractivity contribution < 1.29 is 5.11 Å². The van der Waals surface area contributed by atoms with Crippen LogP contribution in [0.3, 0.4) is 0 Å². The van der Waals surface area contributed by atoms with Crippen LogP contribution in [0.2, 0.25) is 0 Å². The van der Waals surface area contributed by atoms with E-state index in [1.54, 1.807) is 0 Å². The van der Waals surface area contributed by atoms with Gasteiger partial charge in [0.05, 0.1) is 6.61 Å². The molecule has 69 valence electrons. The van der Waals surface area contributed by atoms with Crippen molar-refractivity contribution in [3.8, 4) is 0 Å². The Hall–Kier alpha value is -0.560. The first kappa shape index (κ1) is 11.4. The summed E-state index contributed by atoms with van der Waals surface area (Å²) in [5.41, 5.74) is 1.30. The van der Waals surface area contributed by atoms with E-state index in [4.69, 9.17) is 0 Å². The van der Waals surface area contributed by atoms with E-state index in [0.29, 0.717) is 5.92 Å². The topological polar surface area (TPSA) is 19.9 Å². The highest BCUT2D eigenvalue weighted by Crippen LogP contribution is 2.13. The molecule has 0 fully saturated rings. The predicted molar refractivity (Wildman–Crippen MR) is 52.5 cm³/mol. The van der Waals surface area contributed by atoms with Crippen molar-refractivity contribution in [2.24, 2.45) is 11.8 Å². The molecule has 2 unspecified atom stereocenters. The third kappa shape index (κ3) is 5.14. The largest absolute Gasteiger partial charge is 0.236 e. The van der Waals surface area contributed by atoms with E-state index in [-0.39, 0.29) is 12.5 Å². The minimum absolute atomic E-state index is 0.0141. The Morgan fingerprint density at radius 3 is 2.42 bits per heavy atom. The third-order valence-electron chi connectivity index (χ3n) is 1.88. The zero-order valence-electron chi connectivity index (χ0n) is 8.34. The van der Waals surface area contributed by atoms with Gasteiger partial charge in [0, 0.05) is 5.92 Å². The number of rotatable bonds is 5. The molecule has 0 aromatic rings. The molecule has 12 heavy (non-hydrogen) atoms. The van der Waals surface area contributed by atoms with E-state index >= 15 is 0 Å². The normalized spacial score (nSPS) is 17.2. The van der Waals surface area contributed by atoms with Gasteiger partial charge in [0.1, 0.15) is 0 Å². The summed E-state index contributed by atoms with van der Waals surface area (Å²) in [6, 6.07) is 0. The first-order chi connectivity index (χ1) is 5.60. The van der Waals surface area contributed by atoms with Gasteiger partial charge >= 0.3 is 0 Å². The monoisotopic (exact) mass is 167 g/mol. The highest BCUT2D eigenvalue weighted by atomic mass is 16.3. The van der Waals surface area contributed by atoms with E-state index in [1.807, 2.05) is 13.0 Å². The highest BCUT2D eigenvalue weighted by molar-refractivity contribution is 5.03. The second-order valence-electron chi connectivity index (χ2n) is 3.57. The van der Waals surface area contributed by atoms with Crippen molar-refractivity contribution in [2.75, 3.05) is 6.61 Å². The fourth-order valence-corrected chi connectivity index (χ4v) is 1.19. The van der Waals surface area contributed by atoms with E-state index in [1.165, 1.54) is 5.57 Å². The molecule has 0 spiro atoms. The summed E-state index contributed by atoms with van der Waals surface area (Å²) in [5, 5.41) is 10.5. The van der Waals surface area contributed by atoms with Crippen LogP contribution in [0.1, 0.15) is 27.2 Å². The lowest BCUT2D eigenvalue weighted by Crippen LogP contribution is -1.97. The van der Waals surface area contributed by atoms with Gasteiger partial charge in [-0.15, -0.1) is 6.58 Å². The lowest BCUT2D eigenvalue weighted by Gasteiger charge is -2.07. The highest BCUT2D eigenvalue weighted by Gasteiger charge is 2.00. The van der Waals surface area contributed by atoms with E-state index in [2.05, 4.69) is 26.5 Å². The molecule has 0 bridgehead atoms. The van der Waals surface area contributed by atoms with E-state index < -0.39 is 0 Å². The van der Waals surface area contributed by atoms with Crippen LogP contribution in [0, 0.1) is 11.8 Å². The van der Waals surface area contributed by atoms with Crippen LogP contribution in [0.5, 0.6) is 0 Å². The molecule has 0 aliphatic carbocycles. The maximum absolute atomic E-state index is 10.5. The quantitative estimate of drug-likeness (QED) is 0.560. The minimum atomic E-state index is -0.0141. The van der Waals surface area contributed by atoms with Gasteiger partial charge in [-0.2, -0.15) is 0 Å². The van der Waals surface area contributed by atoms with Gasteiger partial charge in [0.2, 0.25) is 0 Å². The van der Waals surface area contributed by atoms with Crippen LogP contribution in [0.25, 0.3) is 0 Å². The number of hydrogen-bond acceptors (Lipinski definition) is 0. The Labute approximate surface area is 75.8 Å². The molecule has 1 nitrogen and oxygen atoms in total. The Balaban J connectivity index is 3.92. The van der Waals surface area contributed by atoms with Gasteiger partial charge in [0.25, 0.3) is 0 Å². The zero-order valence-corrected chi connectivity index (χ0v) is 8.34. The smallest absolute Gasteiger partial charge is 0.0882 e. The molecular formula is C11H19O. The molecule has 2 atom stereocenters. The van der Waals surface area contributed by atoms with Crippen molar-refractivity contribution in [2.45, 2.75) is 27.2 Å². The maximum Gasteiger partial charge on any atom is 0.0882 e. The molecule has 0 rings (SSSR count). The summed E-state index contributed by atoms with van der Waals surface area (Å²) in [6.45, 7) is 9.87. The van der Waals surface area contributed by atoms with Crippen LogP contribution in [-0.2, 0) is 5.11 Å². The van der Waals surface area contributed by atoms with Crippen molar-refractivity contribution in [3.05, 3.63) is 24.3 Å². The van der Waals surface area contributed by atoms with Crippen LogP contribution in [-0.4, -0.2) is 6.61 Å². The molecule has 0 aliphatic heterocycles. The van der Waals surface area contributed by atoms with Crippen LogP contribution in [0.15, 0.2) is 24.3 Å². The second kappa shape index (κ2) is 6.01. The van der Waals surface area contributed by atoms with Gasteiger partial charge in [-0.05, 0) is 19.3 Å².